The number of hydrogen-bond donors (Lipinski definition) is 2. The van der Waals surface area contributed by atoms with Crippen LogP contribution in [0.25, 0.3) is 0 Å². The molecule has 1 aliphatic rings. The van der Waals surface area contributed by atoms with Crippen molar-refractivity contribution < 1.29 is 14.7 Å². The number of hydrogen-bond acceptors (Lipinski definition) is 3. The molecule has 0 aliphatic carbocycles. The molecule has 1 aliphatic heterocycles. The second kappa shape index (κ2) is 7.07. The van der Waals surface area contributed by atoms with Gasteiger partial charge in [0.15, 0.2) is 0 Å². The number of rotatable bonds is 6. The van der Waals surface area contributed by atoms with Crippen LogP contribution in [0.15, 0.2) is 0 Å². The topological polar surface area (TPSA) is 83.6 Å². The lowest BCUT2D eigenvalue weighted by molar-refractivity contribution is -0.153. The molecular weight excluding hydrogens is 256 g/mol. The van der Waals surface area contributed by atoms with E-state index in [-0.39, 0.29) is 11.8 Å². The van der Waals surface area contributed by atoms with E-state index in [4.69, 9.17) is 5.73 Å². The van der Waals surface area contributed by atoms with Crippen LogP contribution >= 0.6 is 0 Å². The number of nitrogens with two attached hydrogens (primary N) is 1. The lowest BCUT2D eigenvalue weighted by Gasteiger charge is -2.38. The molecule has 5 nitrogen and oxygen atoms in total. The number of likely N-dealkylation sites (tertiary alicyclic amines) is 1. The Labute approximate surface area is 121 Å². The third-order valence-electron chi connectivity index (χ3n) is 4.17. The van der Waals surface area contributed by atoms with Gasteiger partial charge in [0.2, 0.25) is 5.91 Å². The maximum absolute atomic E-state index is 12.3. The molecule has 1 fully saturated rings. The van der Waals surface area contributed by atoms with Gasteiger partial charge in [-0.1, -0.05) is 13.8 Å². The van der Waals surface area contributed by atoms with Crippen molar-refractivity contribution in [1.82, 2.24) is 4.90 Å². The fourth-order valence-electron chi connectivity index (χ4n) is 2.93. The van der Waals surface area contributed by atoms with Crippen LogP contribution in [-0.4, -0.2) is 41.5 Å². The number of piperidine rings is 1. The maximum Gasteiger partial charge on any atom is 0.311 e. The molecule has 2 atom stereocenters. The molecule has 20 heavy (non-hydrogen) atoms. The summed E-state index contributed by atoms with van der Waals surface area (Å²) in [5.41, 5.74) is 4.93. The van der Waals surface area contributed by atoms with E-state index in [0.717, 1.165) is 12.8 Å². The summed E-state index contributed by atoms with van der Waals surface area (Å²) in [5, 5.41) is 9.29. The molecule has 3 N–H and O–H groups in total. The van der Waals surface area contributed by atoms with Gasteiger partial charge in [-0.05, 0) is 44.6 Å². The fraction of sp³-hybridized carbons (Fsp3) is 0.867. The van der Waals surface area contributed by atoms with Gasteiger partial charge >= 0.3 is 5.97 Å². The summed E-state index contributed by atoms with van der Waals surface area (Å²) in [6, 6.07) is 0. The molecule has 1 saturated heterocycles. The van der Waals surface area contributed by atoms with E-state index in [1.165, 1.54) is 0 Å². The van der Waals surface area contributed by atoms with Gasteiger partial charge in [0.1, 0.15) is 0 Å². The molecular formula is C15H28N2O3. The van der Waals surface area contributed by atoms with Crippen molar-refractivity contribution in [2.24, 2.45) is 23.0 Å². The highest BCUT2D eigenvalue weighted by Crippen LogP contribution is 2.30. The Hall–Kier alpha value is -1.10. The third kappa shape index (κ3) is 4.47. The molecule has 2 unspecified atom stereocenters. The normalized spacial score (nSPS) is 24.8. The molecule has 0 radical (unpaired) electrons. The lowest BCUT2D eigenvalue weighted by atomic mass is 9.81. The molecule has 1 rings (SSSR count). The predicted molar refractivity (Wildman–Crippen MR) is 78.2 cm³/mol. The monoisotopic (exact) mass is 284 g/mol. The van der Waals surface area contributed by atoms with Crippen LogP contribution in [-0.2, 0) is 9.59 Å². The van der Waals surface area contributed by atoms with Gasteiger partial charge in [0.25, 0.3) is 0 Å². The average molecular weight is 284 g/mol. The first-order valence-corrected chi connectivity index (χ1v) is 7.49. The molecule has 0 aromatic rings. The summed E-state index contributed by atoms with van der Waals surface area (Å²) in [6.07, 6.45) is 2.76. The van der Waals surface area contributed by atoms with Crippen molar-refractivity contribution in [2.75, 3.05) is 19.6 Å². The predicted octanol–water partition coefficient (Wildman–Crippen LogP) is 1.71. The Kier molecular flexibility index (Phi) is 5.99. The van der Waals surface area contributed by atoms with E-state index in [2.05, 4.69) is 13.8 Å². The van der Waals surface area contributed by atoms with Crippen molar-refractivity contribution in [3.05, 3.63) is 0 Å². The molecule has 5 heteroatoms. The lowest BCUT2D eigenvalue weighted by Crippen LogP contribution is -2.48. The second-order valence-electron chi connectivity index (χ2n) is 6.72. The number of nitrogens with zero attached hydrogens (tertiary/aromatic N) is 1. The average Bonchev–Trinajstić information content (AvgIpc) is 2.37. The van der Waals surface area contributed by atoms with Gasteiger partial charge in [-0.2, -0.15) is 0 Å². The van der Waals surface area contributed by atoms with Gasteiger partial charge < -0.3 is 15.7 Å². The zero-order valence-corrected chi connectivity index (χ0v) is 12.9. The zero-order chi connectivity index (χ0) is 15.3. The van der Waals surface area contributed by atoms with Gasteiger partial charge in [-0.15, -0.1) is 0 Å². The van der Waals surface area contributed by atoms with Crippen molar-refractivity contribution >= 4 is 11.9 Å². The smallest absolute Gasteiger partial charge is 0.311 e. The van der Waals surface area contributed by atoms with Crippen LogP contribution in [0, 0.1) is 17.3 Å². The van der Waals surface area contributed by atoms with Crippen LogP contribution in [0.4, 0.5) is 0 Å². The number of carboxylic acid groups (broad SMARTS) is 1. The summed E-state index contributed by atoms with van der Waals surface area (Å²) in [7, 11) is 0. The van der Waals surface area contributed by atoms with Gasteiger partial charge in [-0.25, -0.2) is 0 Å². The summed E-state index contributed by atoms with van der Waals surface area (Å²) in [5.74, 6) is -0.0525. The molecule has 0 bridgehead atoms. The van der Waals surface area contributed by atoms with Crippen LogP contribution in [0.2, 0.25) is 0 Å². The van der Waals surface area contributed by atoms with Gasteiger partial charge in [0, 0.05) is 19.5 Å². The van der Waals surface area contributed by atoms with Gasteiger partial charge in [-0.3, -0.25) is 9.59 Å². The zero-order valence-electron chi connectivity index (χ0n) is 12.9. The molecule has 0 spiro atoms. The van der Waals surface area contributed by atoms with Crippen LogP contribution in [0.1, 0.15) is 46.5 Å². The van der Waals surface area contributed by atoms with E-state index in [1.807, 2.05) is 0 Å². The maximum atomic E-state index is 12.3. The highest BCUT2D eigenvalue weighted by atomic mass is 16.4. The van der Waals surface area contributed by atoms with Crippen LogP contribution in [0.5, 0.6) is 0 Å². The van der Waals surface area contributed by atoms with E-state index < -0.39 is 11.4 Å². The first-order valence-electron chi connectivity index (χ1n) is 7.49. The number of carbonyl (C=O) groups is 2. The van der Waals surface area contributed by atoms with Crippen LogP contribution < -0.4 is 5.73 Å². The Morgan fingerprint density at radius 1 is 1.40 bits per heavy atom. The first-order chi connectivity index (χ1) is 9.28. The van der Waals surface area contributed by atoms with Crippen molar-refractivity contribution in [2.45, 2.75) is 46.5 Å². The minimum atomic E-state index is -0.812. The number of carbonyl (C=O) groups excluding carboxylic acids is 1. The summed E-state index contributed by atoms with van der Waals surface area (Å²) in [6.45, 7) is 7.46. The Morgan fingerprint density at radius 2 is 2.05 bits per heavy atom. The van der Waals surface area contributed by atoms with E-state index in [0.29, 0.717) is 38.4 Å². The Bertz CT molecular complexity index is 357. The molecule has 0 saturated carbocycles. The summed E-state index contributed by atoms with van der Waals surface area (Å²) < 4.78 is 0. The minimum Gasteiger partial charge on any atom is -0.481 e. The summed E-state index contributed by atoms with van der Waals surface area (Å²) >= 11 is 0. The van der Waals surface area contributed by atoms with Crippen molar-refractivity contribution in [1.29, 1.82) is 0 Å². The number of aliphatic carboxylic acids is 1. The molecule has 1 amide bonds. The summed E-state index contributed by atoms with van der Waals surface area (Å²) in [4.78, 5) is 25.4. The standard InChI is InChI=1S/C15H28N2O3/c1-11(2)7-12(9-16)8-13(18)17-6-4-5-15(3,10-17)14(19)20/h11-12H,4-10,16H2,1-3H3,(H,19,20). The minimum absolute atomic E-state index is 0.0493. The van der Waals surface area contributed by atoms with Gasteiger partial charge in [0.05, 0.1) is 5.41 Å². The van der Waals surface area contributed by atoms with Crippen molar-refractivity contribution in [3.63, 3.8) is 0 Å². The fourth-order valence-corrected chi connectivity index (χ4v) is 2.93. The van der Waals surface area contributed by atoms with E-state index >= 15 is 0 Å². The number of amides is 1. The number of carboxylic acids is 1. The molecule has 116 valence electrons. The largest absolute Gasteiger partial charge is 0.481 e. The first kappa shape index (κ1) is 17.0. The highest BCUT2D eigenvalue weighted by molar-refractivity contribution is 5.79. The molecule has 0 aromatic heterocycles. The Balaban J connectivity index is 2.60. The molecule has 1 heterocycles. The van der Waals surface area contributed by atoms with E-state index in [1.54, 1.807) is 11.8 Å². The van der Waals surface area contributed by atoms with E-state index in [9.17, 15) is 14.7 Å². The van der Waals surface area contributed by atoms with Crippen LogP contribution in [0.3, 0.4) is 0 Å². The Morgan fingerprint density at radius 3 is 2.55 bits per heavy atom. The second-order valence-corrected chi connectivity index (χ2v) is 6.72. The SMILES string of the molecule is CC(C)CC(CN)CC(=O)N1CCCC(C)(C(=O)O)C1. The third-order valence-corrected chi connectivity index (χ3v) is 4.17. The quantitative estimate of drug-likeness (QED) is 0.777. The van der Waals surface area contributed by atoms with Crippen molar-refractivity contribution in [3.8, 4) is 0 Å². The molecule has 0 aromatic carbocycles. The highest BCUT2D eigenvalue weighted by Gasteiger charge is 2.39.